The Bertz CT molecular complexity index is 1770. The summed E-state index contributed by atoms with van der Waals surface area (Å²) in [4.78, 5) is 13.2. The molecule has 1 aliphatic rings. The van der Waals surface area contributed by atoms with E-state index in [1.807, 2.05) is 6.08 Å². The standard InChI is InChI=1S/C82H147NO8/c1-3-5-7-9-11-13-15-17-19-21-23-25-27-29-31-33-35-36-37-38-39-40-42-44-46-48-50-52-54-56-58-60-62-64-66-68-70-72-78(86)83-75(74-90-82-81(89)80(88)79(87)77(73-84)91-82)76(85)71-69-67-65-63-61-59-57-55-53-51-49-47-45-43-41-34-32-30-28-26-24-22-20-18-16-14-12-10-8-6-4-2/h5,7,11,13,17,19,23,25,29,31,35-36,61,63,69,71,75-77,79-82,84-85,87-89H,3-4,6,8-10,12,14-16,18,20-22,24,26-28,30,32-34,37-60,62,64-68,70,72-74H2,1-2H3,(H,83,86)/b7-5-,13-11-,19-17-,25-23-,31-29-,36-35-,63-61+,71-69+. The maximum Gasteiger partial charge on any atom is 0.220 e. The number of amides is 1. The quantitative estimate of drug-likeness (QED) is 0.0261. The highest BCUT2D eigenvalue weighted by Crippen LogP contribution is 2.24. The number of aliphatic hydroxyl groups excluding tert-OH is 5. The van der Waals surface area contributed by atoms with Gasteiger partial charge in [-0.25, -0.2) is 0 Å². The van der Waals surface area contributed by atoms with Crippen molar-refractivity contribution in [3.8, 4) is 0 Å². The second-order valence-electron chi connectivity index (χ2n) is 26.8. The molecule has 9 nitrogen and oxygen atoms in total. The Morgan fingerprint density at radius 3 is 1.05 bits per heavy atom. The lowest BCUT2D eigenvalue weighted by atomic mass is 9.99. The predicted octanol–water partition coefficient (Wildman–Crippen LogP) is 22.2. The first-order valence-corrected chi connectivity index (χ1v) is 39.0. The Hall–Kier alpha value is -2.89. The second-order valence-corrected chi connectivity index (χ2v) is 26.8. The van der Waals surface area contributed by atoms with E-state index in [1.54, 1.807) is 6.08 Å². The number of aliphatic hydroxyl groups is 5. The lowest BCUT2D eigenvalue weighted by Crippen LogP contribution is -2.60. The van der Waals surface area contributed by atoms with E-state index in [1.165, 1.54) is 263 Å². The van der Waals surface area contributed by atoms with E-state index in [0.29, 0.717) is 6.42 Å². The van der Waals surface area contributed by atoms with Gasteiger partial charge in [-0.2, -0.15) is 0 Å². The van der Waals surface area contributed by atoms with Crippen LogP contribution in [0.4, 0.5) is 0 Å². The Kier molecular flexibility index (Phi) is 66.2. The molecule has 1 rings (SSSR count). The molecule has 0 bridgehead atoms. The minimum atomic E-state index is -1.58. The van der Waals surface area contributed by atoms with Gasteiger partial charge in [0.15, 0.2) is 6.29 Å². The van der Waals surface area contributed by atoms with Crippen LogP contribution in [0.15, 0.2) is 97.2 Å². The van der Waals surface area contributed by atoms with Gasteiger partial charge in [-0.1, -0.05) is 368 Å². The minimum Gasteiger partial charge on any atom is -0.394 e. The zero-order chi connectivity index (χ0) is 65.7. The summed E-state index contributed by atoms with van der Waals surface area (Å²) < 4.78 is 11.3. The third-order valence-corrected chi connectivity index (χ3v) is 18.1. The van der Waals surface area contributed by atoms with Crippen molar-refractivity contribution in [1.29, 1.82) is 0 Å². The third kappa shape index (κ3) is 58.2. The van der Waals surface area contributed by atoms with Crippen molar-refractivity contribution in [2.75, 3.05) is 13.2 Å². The van der Waals surface area contributed by atoms with Crippen LogP contribution in [0.25, 0.3) is 0 Å². The molecule has 91 heavy (non-hydrogen) atoms. The number of unbranched alkanes of at least 4 members (excludes halogenated alkanes) is 44. The van der Waals surface area contributed by atoms with Gasteiger partial charge in [-0.15, -0.1) is 0 Å². The SMILES string of the molecule is CC/C=C\C/C=C\C/C=C\C/C=C\C/C=C\C/C=C\CCCCCCCCCCCCCCCCCCCCC(=O)NC(COC1OC(CO)C(O)C(O)C1O)C(O)/C=C/CC/C=C/CCCCCCCCCCCCCCCCCCCCCCCCCCC. The fraction of sp³-hybridized carbons (Fsp3) is 0.793. The molecule has 7 atom stereocenters. The molecule has 0 radical (unpaired) electrons. The van der Waals surface area contributed by atoms with Crippen molar-refractivity contribution in [3.63, 3.8) is 0 Å². The summed E-state index contributed by atoms with van der Waals surface area (Å²) in [5, 5.41) is 54.9. The van der Waals surface area contributed by atoms with Crippen molar-refractivity contribution in [3.05, 3.63) is 97.2 Å². The van der Waals surface area contributed by atoms with Gasteiger partial charge < -0.3 is 40.3 Å². The molecule has 0 aromatic heterocycles. The average molecular weight is 1280 g/mol. The topological polar surface area (TPSA) is 149 Å². The van der Waals surface area contributed by atoms with Gasteiger partial charge in [-0.3, -0.25) is 4.79 Å². The Morgan fingerprint density at radius 2 is 0.692 bits per heavy atom. The number of carbonyl (C=O) groups is 1. The molecule has 0 aliphatic carbocycles. The lowest BCUT2D eigenvalue weighted by molar-refractivity contribution is -0.302. The highest BCUT2D eigenvalue weighted by atomic mass is 16.7. The van der Waals surface area contributed by atoms with Crippen LogP contribution in [0.1, 0.15) is 361 Å². The average Bonchev–Trinajstić information content (AvgIpc) is 1.70. The monoisotopic (exact) mass is 1270 g/mol. The Morgan fingerprint density at radius 1 is 0.385 bits per heavy atom. The molecule has 9 heteroatoms. The summed E-state index contributed by atoms with van der Waals surface area (Å²) in [7, 11) is 0. The Labute approximate surface area is 562 Å². The van der Waals surface area contributed by atoms with Crippen LogP contribution >= 0.6 is 0 Å². The summed E-state index contributed by atoms with van der Waals surface area (Å²) in [6.07, 6.45) is 95.5. The van der Waals surface area contributed by atoms with E-state index in [9.17, 15) is 30.3 Å². The van der Waals surface area contributed by atoms with E-state index in [0.717, 1.165) is 77.0 Å². The smallest absolute Gasteiger partial charge is 0.220 e. The number of allylic oxidation sites excluding steroid dienone is 15. The van der Waals surface area contributed by atoms with Crippen LogP contribution in [0, 0.1) is 0 Å². The molecule has 7 unspecified atom stereocenters. The van der Waals surface area contributed by atoms with Crippen molar-refractivity contribution in [1.82, 2.24) is 5.32 Å². The number of carbonyl (C=O) groups excluding carboxylic acids is 1. The van der Waals surface area contributed by atoms with E-state index >= 15 is 0 Å². The minimum absolute atomic E-state index is 0.183. The molecule has 1 fully saturated rings. The molecule has 1 aliphatic heterocycles. The normalized spacial score (nSPS) is 18.3. The fourth-order valence-corrected chi connectivity index (χ4v) is 12.1. The van der Waals surface area contributed by atoms with E-state index in [2.05, 4.69) is 104 Å². The molecule has 0 spiro atoms. The van der Waals surface area contributed by atoms with Crippen molar-refractivity contribution in [2.45, 2.75) is 403 Å². The van der Waals surface area contributed by atoms with Gasteiger partial charge in [0.05, 0.1) is 25.4 Å². The molecular weight excluding hydrogens is 1130 g/mol. The first-order valence-electron chi connectivity index (χ1n) is 39.0. The highest BCUT2D eigenvalue weighted by molar-refractivity contribution is 5.76. The van der Waals surface area contributed by atoms with Crippen LogP contribution < -0.4 is 5.32 Å². The van der Waals surface area contributed by atoms with Gasteiger partial charge in [-0.05, 0) is 83.5 Å². The third-order valence-electron chi connectivity index (χ3n) is 18.1. The van der Waals surface area contributed by atoms with Gasteiger partial charge in [0.1, 0.15) is 24.4 Å². The molecule has 0 aromatic rings. The summed E-state index contributed by atoms with van der Waals surface area (Å²) in [5.74, 6) is -0.183. The van der Waals surface area contributed by atoms with Crippen LogP contribution in [-0.2, 0) is 14.3 Å². The van der Waals surface area contributed by atoms with E-state index < -0.39 is 49.5 Å². The van der Waals surface area contributed by atoms with Crippen LogP contribution in [0.5, 0.6) is 0 Å². The first-order chi connectivity index (χ1) is 44.8. The Balaban J connectivity index is 2.10. The molecule has 1 amide bonds. The maximum absolute atomic E-state index is 13.2. The van der Waals surface area contributed by atoms with Crippen molar-refractivity contribution in [2.24, 2.45) is 0 Å². The molecule has 6 N–H and O–H groups in total. The highest BCUT2D eigenvalue weighted by Gasteiger charge is 2.44. The number of nitrogens with one attached hydrogen (secondary N) is 1. The zero-order valence-electron chi connectivity index (χ0n) is 59.3. The maximum atomic E-state index is 13.2. The predicted molar refractivity (Wildman–Crippen MR) is 391 cm³/mol. The fourth-order valence-electron chi connectivity index (χ4n) is 12.1. The molecule has 1 heterocycles. The number of ether oxygens (including phenoxy) is 2. The summed E-state index contributed by atoms with van der Waals surface area (Å²) in [6.45, 7) is 3.69. The van der Waals surface area contributed by atoms with Gasteiger partial charge in [0.25, 0.3) is 0 Å². The first kappa shape index (κ1) is 86.1. The molecule has 1 saturated heterocycles. The van der Waals surface area contributed by atoms with Crippen LogP contribution in [0.2, 0.25) is 0 Å². The summed E-state index contributed by atoms with van der Waals surface area (Å²) >= 11 is 0. The van der Waals surface area contributed by atoms with Gasteiger partial charge >= 0.3 is 0 Å². The molecule has 528 valence electrons. The largest absolute Gasteiger partial charge is 0.394 e. The van der Waals surface area contributed by atoms with E-state index in [-0.39, 0.29) is 12.5 Å². The lowest BCUT2D eigenvalue weighted by Gasteiger charge is -2.40. The van der Waals surface area contributed by atoms with E-state index in [4.69, 9.17) is 9.47 Å². The number of hydrogen-bond acceptors (Lipinski definition) is 8. The number of hydrogen-bond donors (Lipinski definition) is 6. The van der Waals surface area contributed by atoms with Crippen LogP contribution in [0.3, 0.4) is 0 Å². The molecule has 0 aromatic carbocycles. The van der Waals surface area contributed by atoms with Crippen molar-refractivity contribution >= 4 is 5.91 Å². The second kappa shape index (κ2) is 69.9. The molecular formula is C82H147NO8. The van der Waals surface area contributed by atoms with Crippen LogP contribution in [-0.4, -0.2) is 87.5 Å². The number of rotatable bonds is 68. The zero-order valence-corrected chi connectivity index (χ0v) is 59.3. The van der Waals surface area contributed by atoms with Gasteiger partial charge in [0, 0.05) is 6.42 Å². The van der Waals surface area contributed by atoms with Gasteiger partial charge in [0.2, 0.25) is 5.91 Å². The van der Waals surface area contributed by atoms with Crippen molar-refractivity contribution < 1.29 is 39.8 Å². The summed E-state index contributed by atoms with van der Waals surface area (Å²) in [5.41, 5.74) is 0. The summed E-state index contributed by atoms with van der Waals surface area (Å²) in [6, 6.07) is -0.828. The molecule has 0 saturated carbocycles.